The molecule has 8 heteroatoms. The smallest absolute Gasteiger partial charge is 0.416 e. The summed E-state index contributed by atoms with van der Waals surface area (Å²) in [6.45, 7) is 0. The molecule has 0 amide bonds. The summed E-state index contributed by atoms with van der Waals surface area (Å²) in [4.78, 5) is 11.7. The Morgan fingerprint density at radius 2 is 1.79 bits per heavy atom. The summed E-state index contributed by atoms with van der Waals surface area (Å²) in [6, 6.07) is 12.0. The molecule has 0 spiro atoms. The maximum absolute atomic E-state index is 13.2. The monoisotopic (exact) mass is 422 g/mol. The molecule has 154 valence electrons. The number of anilines is 1. The van der Waals surface area contributed by atoms with Crippen LogP contribution < -0.4 is 10.6 Å². The predicted molar refractivity (Wildman–Crippen MR) is 109 cm³/mol. The summed E-state index contributed by atoms with van der Waals surface area (Å²) in [6.07, 6.45) is -1.26. The van der Waals surface area contributed by atoms with Crippen LogP contribution in [-0.2, 0) is 16.5 Å². The molecular weight excluding hydrogens is 401 g/mol. The van der Waals surface area contributed by atoms with Crippen molar-refractivity contribution in [1.82, 2.24) is 5.32 Å². The minimum Gasteiger partial charge on any atom is -0.465 e. The van der Waals surface area contributed by atoms with Crippen LogP contribution in [-0.4, -0.2) is 18.2 Å². The number of benzene rings is 2. The van der Waals surface area contributed by atoms with Crippen LogP contribution in [0.15, 0.2) is 48.5 Å². The third kappa shape index (κ3) is 4.87. The van der Waals surface area contributed by atoms with E-state index in [2.05, 4.69) is 10.6 Å². The van der Waals surface area contributed by atoms with Gasteiger partial charge in [-0.25, -0.2) is 4.79 Å². The average Bonchev–Trinajstić information content (AvgIpc) is 3.16. The molecule has 4 nitrogen and oxygen atoms in total. The predicted octanol–water partition coefficient (Wildman–Crippen LogP) is 5.25. The van der Waals surface area contributed by atoms with Gasteiger partial charge in [-0.15, -0.1) is 0 Å². The topological polar surface area (TPSA) is 50.4 Å². The highest BCUT2D eigenvalue weighted by molar-refractivity contribution is 7.80. The lowest BCUT2D eigenvalue weighted by atomic mass is 9.87. The van der Waals surface area contributed by atoms with Gasteiger partial charge in [-0.3, -0.25) is 0 Å². The maximum Gasteiger partial charge on any atom is 0.416 e. The van der Waals surface area contributed by atoms with Gasteiger partial charge in [0.1, 0.15) is 0 Å². The Morgan fingerprint density at radius 1 is 1.10 bits per heavy atom. The van der Waals surface area contributed by atoms with Crippen molar-refractivity contribution in [1.29, 1.82) is 0 Å². The fourth-order valence-corrected chi connectivity index (χ4v) is 3.99. The lowest BCUT2D eigenvalue weighted by Gasteiger charge is -2.33. The lowest BCUT2D eigenvalue weighted by molar-refractivity contribution is -0.137. The van der Waals surface area contributed by atoms with Crippen LogP contribution in [0, 0.1) is 0 Å². The maximum atomic E-state index is 13.2. The second kappa shape index (κ2) is 8.41. The van der Waals surface area contributed by atoms with Crippen LogP contribution in [0.1, 0.15) is 47.2 Å². The van der Waals surface area contributed by atoms with Gasteiger partial charge < -0.3 is 15.4 Å². The zero-order chi connectivity index (χ0) is 21.1. The number of rotatable bonds is 4. The third-order valence-corrected chi connectivity index (χ3v) is 5.30. The summed E-state index contributed by atoms with van der Waals surface area (Å²) >= 11 is 5.43. The first-order chi connectivity index (χ1) is 13.7. The van der Waals surface area contributed by atoms with E-state index in [1.54, 1.807) is 30.3 Å². The van der Waals surface area contributed by atoms with Crippen molar-refractivity contribution in [2.75, 3.05) is 12.4 Å². The molecular formula is C21H21F3N2O2S. The van der Waals surface area contributed by atoms with Crippen LogP contribution in [0.3, 0.4) is 0 Å². The Morgan fingerprint density at radius 3 is 2.45 bits per heavy atom. The Balaban J connectivity index is 1.81. The normalized spacial score (nSPS) is 15.6. The number of halogens is 3. The summed E-state index contributed by atoms with van der Waals surface area (Å²) < 4.78 is 44.2. The minimum absolute atomic E-state index is 0.284. The van der Waals surface area contributed by atoms with Crippen molar-refractivity contribution in [3.63, 3.8) is 0 Å². The van der Waals surface area contributed by atoms with Crippen molar-refractivity contribution in [3.8, 4) is 0 Å². The second-order valence-corrected chi connectivity index (χ2v) is 7.43. The number of esters is 1. The summed E-state index contributed by atoms with van der Waals surface area (Å²) in [7, 11) is 1.30. The van der Waals surface area contributed by atoms with Gasteiger partial charge in [0.05, 0.1) is 23.8 Å². The van der Waals surface area contributed by atoms with Crippen molar-refractivity contribution in [3.05, 3.63) is 65.2 Å². The molecule has 1 aliphatic rings. The van der Waals surface area contributed by atoms with Gasteiger partial charge in [0, 0.05) is 5.69 Å². The van der Waals surface area contributed by atoms with E-state index in [1.807, 2.05) is 0 Å². The van der Waals surface area contributed by atoms with Crippen molar-refractivity contribution >= 4 is 29.0 Å². The number of nitrogens with one attached hydrogen (secondary N) is 2. The first kappa shape index (κ1) is 21.1. The SMILES string of the molecule is COC(=O)c1cccc(NC(=S)NC2(c3cccc(C(F)(F)F)c3)CCCC2)c1. The number of carbonyl (C=O) groups excluding carboxylic acids is 1. The highest BCUT2D eigenvalue weighted by Crippen LogP contribution is 2.41. The fraction of sp³-hybridized carbons (Fsp3) is 0.333. The first-order valence-electron chi connectivity index (χ1n) is 9.19. The van der Waals surface area contributed by atoms with Crippen molar-refractivity contribution < 1.29 is 22.7 Å². The van der Waals surface area contributed by atoms with E-state index in [0.717, 1.165) is 18.9 Å². The molecule has 0 bridgehead atoms. The highest BCUT2D eigenvalue weighted by Gasteiger charge is 2.38. The molecule has 0 unspecified atom stereocenters. The number of alkyl halides is 3. The van der Waals surface area contributed by atoms with E-state index in [4.69, 9.17) is 17.0 Å². The summed E-state index contributed by atoms with van der Waals surface area (Å²) in [5.41, 5.74) is 0.187. The van der Waals surface area contributed by atoms with Gasteiger partial charge in [0.2, 0.25) is 0 Å². The van der Waals surface area contributed by atoms with Crippen LogP contribution in [0.5, 0.6) is 0 Å². The molecule has 0 radical (unpaired) electrons. The van der Waals surface area contributed by atoms with Crippen molar-refractivity contribution in [2.45, 2.75) is 37.4 Å². The number of methoxy groups -OCH3 is 1. The average molecular weight is 422 g/mol. The molecule has 2 N–H and O–H groups in total. The molecule has 0 heterocycles. The van der Waals surface area contributed by atoms with Crippen LogP contribution >= 0.6 is 12.2 Å². The van der Waals surface area contributed by atoms with E-state index in [-0.39, 0.29) is 5.11 Å². The Kier molecular flexibility index (Phi) is 6.12. The molecule has 3 rings (SSSR count). The highest BCUT2D eigenvalue weighted by atomic mass is 32.1. The van der Waals surface area contributed by atoms with E-state index in [9.17, 15) is 18.0 Å². The molecule has 0 atom stereocenters. The van der Waals surface area contributed by atoms with Gasteiger partial charge in [0.25, 0.3) is 0 Å². The third-order valence-electron chi connectivity index (χ3n) is 5.09. The molecule has 0 aromatic heterocycles. The quantitative estimate of drug-likeness (QED) is 0.521. The van der Waals surface area contributed by atoms with Gasteiger partial charge in [0.15, 0.2) is 5.11 Å². The summed E-state index contributed by atoms with van der Waals surface area (Å²) in [5.74, 6) is -0.469. The molecule has 2 aromatic carbocycles. The van der Waals surface area contributed by atoms with E-state index < -0.39 is 23.2 Å². The van der Waals surface area contributed by atoms with Gasteiger partial charge in [-0.1, -0.05) is 31.0 Å². The number of hydrogen-bond donors (Lipinski definition) is 2. The van der Waals surface area contributed by atoms with Gasteiger partial charge in [-0.05, 0) is 61.0 Å². The molecule has 1 saturated carbocycles. The van der Waals surface area contributed by atoms with Gasteiger partial charge >= 0.3 is 12.1 Å². The van der Waals surface area contributed by atoms with Crippen LogP contribution in [0.2, 0.25) is 0 Å². The Labute approximate surface area is 172 Å². The first-order valence-corrected chi connectivity index (χ1v) is 9.60. The second-order valence-electron chi connectivity index (χ2n) is 7.02. The molecule has 2 aromatic rings. The molecule has 29 heavy (non-hydrogen) atoms. The number of ether oxygens (including phenoxy) is 1. The number of carbonyl (C=O) groups is 1. The molecule has 1 fully saturated rings. The lowest BCUT2D eigenvalue weighted by Crippen LogP contribution is -2.45. The van der Waals surface area contributed by atoms with E-state index in [0.29, 0.717) is 29.7 Å². The molecule has 0 aliphatic heterocycles. The Bertz CT molecular complexity index is 909. The van der Waals surface area contributed by atoms with Crippen molar-refractivity contribution in [2.24, 2.45) is 0 Å². The van der Waals surface area contributed by atoms with Crippen LogP contribution in [0.4, 0.5) is 18.9 Å². The Hall–Kier alpha value is -2.61. The standard InChI is InChI=1S/C21H21F3N2O2S/c1-28-18(27)14-6-4-9-17(12-14)25-19(29)26-20(10-2-3-11-20)15-7-5-8-16(13-15)21(22,23)24/h4-9,12-13H,2-3,10-11H2,1H3,(H2,25,26,29). The minimum atomic E-state index is -4.40. The fourth-order valence-electron chi connectivity index (χ4n) is 3.68. The molecule has 1 aliphatic carbocycles. The zero-order valence-corrected chi connectivity index (χ0v) is 16.6. The zero-order valence-electron chi connectivity index (χ0n) is 15.8. The number of hydrogen-bond acceptors (Lipinski definition) is 3. The van der Waals surface area contributed by atoms with Gasteiger partial charge in [-0.2, -0.15) is 13.2 Å². The van der Waals surface area contributed by atoms with E-state index >= 15 is 0 Å². The molecule has 0 saturated heterocycles. The van der Waals surface area contributed by atoms with E-state index in [1.165, 1.54) is 19.2 Å². The number of thiocarbonyl (C=S) groups is 1. The summed E-state index contributed by atoms with van der Waals surface area (Å²) in [5, 5.41) is 6.54. The largest absolute Gasteiger partial charge is 0.465 e. The van der Waals surface area contributed by atoms with Crippen LogP contribution in [0.25, 0.3) is 0 Å².